The molecule has 0 aromatic heterocycles. The highest BCUT2D eigenvalue weighted by atomic mass is 16.4. The molecule has 0 heterocycles. The van der Waals surface area contributed by atoms with Gasteiger partial charge in [-0.05, 0) is 25.2 Å². The molecule has 8 heteroatoms. The molecule has 134 valence electrons. The van der Waals surface area contributed by atoms with Crippen molar-refractivity contribution in [2.24, 2.45) is 17.6 Å². The molecule has 0 saturated carbocycles. The molecule has 0 radical (unpaired) electrons. The maximum atomic E-state index is 12.3. The minimum absolute atomic E-state index is 0.0900. The molecule has 0 unspecified atom stereocenters. The fourth-order valence-electron chi connectivity index (χ4n) is 1.96. The van der Waals surface area contributed by atoms with Crippen LogP contribution < -0.4 is 16.4 Å². The van der Waals surface area contributed by atoms with Gasteiger partial charge in [-0.3, -0.25) is 9.59 Å². The molecular weight excluding hydrogens is 302 g/mol. The van der Waals surface area contributed by atoms with Crippen LogP contribution >= 0.6 is 0 Å². The normalized spacial score (nSPS) is 16.6. The molecule has 0 fully saturated rings. The quantitative estimate of drug-likeness (QED) is 0.384. The Balaban J connectivity index is 4.98. The highest BCUT2D eigenvalue weighted by Gasteiger charge is 2.31. The van der Waals surface area contributed by atoms with Gasteiger partial charge in [0.2, 0.25) is 11.8 Å². The molecule has 6 N–H and O–H groups in total. The fraction of sp³-hybridized carbons (Fsp3) is 0.800. The summed E-state index contributed by atoms with van der Waals surface area (Å²) in [6.45, 7) is 8.52. The van der Waals surface area contributed by atoms with Gasteiger partial charge in [-0.25, -0.2) is 4.79 Å². The van der Waals surface area contributed by atoms with Crippen molar-refractivity contribution in [2.45, 2.75) is 65.3 Å². The molecule has 0 bridgehead atoms. The Morgan fingerprint density at radius 2 is 1.52 bits per heavy atom. The number of aliphatic hydroxyl groups is 1. The average Bonchev–Trinajstić information content (AvgIpc) is 2.41. The Hall–Kier alpha value is -1.67. The monoisotopic (exact) mass is 331 g/mol. The van der Waals surface area contributed by atoms with Crippen molar-refractivity contribution in [3.05, 3.63) is 0 Å². The number of hydrogen-bond donors (Lipinski definition) is 5. The number of carbonyl (C=O) groups excluding carboxylic acids is 2. The molecule has 0 saturated heterocycles. The van der Waals surface area contributed by atoms with Gasteiger partial charge in [-0.15, -0.1) is 0 Å². The molecular formula is C15H29N3O5. The lowest BCUT2D eigenvalue weighted by molar-refractivity contribution is -0.143. The van der Waals surface area contributed by atoms with Crippen molar-refractivity contribution in [2.75, 3.05) is 0 Å². The fourth-order valence-corrected chi connectivity index (χ4v) is 1.96. The summed E-state index contributed by atoms with van der Waals surface area (Å²) in [4.78, 5) is 35.5. The molecule has 0 aromatic rings. The van der Waals surface area contributed by atoms with Crippen LogP contribution in [0, 0.1) is 11.8 Å². The van der Waals surface area contributed by atoms with E-state index in [1.807, 2.05) is 13.8 Å². The summed E-state index contributed by atoms with van der Waals surface area (Å²) in [6.07, 6.45) is -0.772. The highest BCUT2D eigenvalue weighted by molar-refractivity contribution is 5.92. The first kappa shape index (κ1) is 21.3. The Labute approximate surface area is 136 Å². The molecule has 0 aliphatic heterocycles. The Kier molecular flexibility index (Phi) is 8.78. The van der Waals surface area contributed by atoms with E-state index in [9.17, 15) is 24.6 Å². The molecule has 0 aliphatic carbocycles. The van der Waals surface area contributed by atoms with Gasteiger partial charge in [0.1, 0.15) is 18.1 Å². The van der Waals surface area contributed by atoms with E-state index in [-0.39, 0.29) is 18.3 Å². The summed E-state index contributed by atoms with van der Waals surface area (Å²) in [5.41, 5.74) is 5.54. The number of aliphatic carboxylic acids is 1. The van der Waals surface area contributed by atoms with Crippen molar-refractivity contribution < 1.29 is 24.6 Å². The summed E-state index contributed by atoms with van der Waals surface area (Å²) in [6, 6.07) is -3.11. The number of carboxylic acids is 1. The van der Waals surface area contributed by atoms with E-state index in [0.717, 1.165) is 0 Å². The zero-order valence-corrected chi connectivity index (χ0v) is 14.4. The van der Waals surface area contributed by atoms with Gasteiger partial charge in [-0.2, -0.15) is 0 Å². The molecule has 0 rings (SSSR count). The minimum atomic E-state index is -1.16. The Morgan fingerprint density at radius 3 is 1.87 bits per heavy atom. The van der Waals surface area contributed by atoms with E-state index in [4.69, 9.17) is 5.73 Å². The average molecular weight is 331 g/mol. The third-order valence-corrected chi connectivity index (χ3v) is 3.39. The van der Waals surface area contributed by atoms with Crippen molar-refractivity contribution in [1.82, 2.24) is 10.6 Å². The molecule has 23 heavy (non-hydrogen) atoms. The van der Waals surface area contributed by atoms with Gasteiger partial charge in [0.15, 0.2) is 0 Å². The zero-order valence-electron chi connectivity index (χ0n) is 14.4. The van der Waals surface area contributed by atoms with Crippen LogP contribution in [0.1, 0.15) is 41.0 Å². The van der Waals surface area contributed by atoms with Crippen LogP contribution in [0.5, 0.6) is 0 Å². The van der Waals surface area contributed by atoms with Crippen molar-refractivity contribution in [1.29, 1.82) is 0 Å². The topological polar surface area (TPSA) is 142 Å². The number of carboxylic acid groups (broad SMARTS) is 1. The first-order valence-corrected chi connectivity index (χ1v) is 7.74. The van der Waals surface area contributed by atoms with Crippen LogP contribution in [0.3, 0.4) is 0 Å². The van der Waals surface area contributed by atoms with Gasteiger partial charge >= 0.3 is 5.97 Å². The third kappa shape index (κ3) is 7.43. The number of amides is 2. The second kappa shape index (κ2) is 9.46. The van der Waals surface area contributed by atoms with E-state index in [1.165, 1.54) is 6.92 Å². The molecule has 0 aliphatic rings. The molecule has 0 spiro atoms. The number of nitrogens with one attached hydrogen (secondary N) is 2. The standard InChI is InChI=1S/C15H29N3O5/c1-7(2)6-10(15(22)23)17-14(21)12(8(3)4)18-13(20)11(16)9(5)19/h7-12,19H,6,16H2,1-5H3,(H,17,21)(H,18,20)(H,22,23)/t9-,10+,11-,12+/m1/s1. The largest absolute Gasteiger partial charge is 0.480 e. The number of hydrogen-bond acceptors (Lipinski definition) is 5. The summed E-state index contributed by atoms with van der Waals surface area (Å²) >= 11 is 0. The maximum absolute atomic E-state index is 12.3. The van der Waals surface area contributed by atoms with E-state index >= 15 is 0 Å². The Morgan fingerprint density at radius 1 is 1.00 bits per heavy atom. The van der Waals surface area contributed by atoms with E-state index < -0.39 is 42.0 Å². The maximum Gasteiger partial charge on any atom is 0.326 e. The smallest absolute Gasteiger partial charge is 0.326 e. The minimum Gasteiger partial charge on any atom is -0.480 e. The van der Waals surface area contributed by atoms with Gasteiger partial charge in [0.05, 0.1) is 6.10 Å². The number of aliphatic hydroxyl groups excluding tert-OH is 1. The highest BCUT2D eigenvalue weighted by Crippen LogP contribution is 2.08. The summed E-state index contributed by atoms with van der Waals surface area (Å²) in [7, 11) is 0. The predicted octanol–water partition coefficient (Wildman–Crippen LogP) is -0.549. The molecule has 0 aromatic carbocycles. The van der Waals surface area contributed by atoms with E-state index in [2.05, 4.69) is 10.6 Å². The number of rotatable bonds is 9. The predicted molar refractivity (Wildman–Crippen MR) is 85.4 cm³/mol. The van der Waals surface area contributed by atoms with Gasteiger partial charge in [0.25, 0.3) is 0 Å². The second-order valence-electron chi connectivity index (χ2n) is 6.53. The van der Waals surface area contributed by atoms with Crippen molar-refractivity contribution in [3.8, 4) is 0 Å². The lowest BCUT2D eigenvalue weighted by atomic mass is 10.00. The first-order valence-electron chi connectivity index (χ1n) is 7.74. The second-order valence-corrected chi connectivity index (χ2v) is 6.53. The van der Waals surface area contributed by atoms with E-state index in [0.29, 0.717) is 0 Å². The van der Waals surface area contributed by atoms with Gasteiger partial charge in [-0.1, -0.05) is 27.7 Å². The lowest BCUT2D eigenvalue weighted by Gasteiger charge is -2.26. The third-order valence-electron chi connectivity index (χ3n) is 3.39. The first-order chi connectivity index (χ1) is 10.5. The Bertz CT molecular complexity index is 423. The summed E-state index contributed by atoms with van der Waals surface area (Å²) in [5.74, 6) is -2.55. The number of carbonyl (C=O) groups is 3. The van der Waals surface area contributed by atoms with Crippen molar-refractivity contribution in [3.63, 3.8) is 0 Å². The van der Waals surface area contributed by atoms with Gasteiger partial charge in [0, 0.05) is 0 Å². The summed E-state index contributed by atoms with van der Waals surface area (Å²) < 4.78 is 0. The molecule has 2 amide bonds. The van der Waals surface area contributed by atoms with Crippen LogP contribution in [-0.4, -0.2) is 52.2 Å². The summed E-state index contributed by atoms with van der Waals surface area (Å²) in [5, 5.41) is 23.4. The molecule has 8 nitrogen and oxygen atoms in total. The van der Waals surface area contributed by atoms with Gasteiger partial charge < -0.3 is 26.6 Å². The molecule has 4 atom stereocenters. The lowest BCUT2D eigenvalue weighted by Crippen LogP contribution is -2.58. The number of nitrogens with two attached hydrogens (primary N) is 1. The SMILES string of the molecule is CC(C)C[C@H](NC(=O)[C@@H](NC(=O)[C@H](N)[C@@H](C)O)C(C)C)C(=O)O. The van der Waals surface area contributed by atoms with Crippen molar-refractivity contribution >= 4 is 17.8 Å². The van der Waals surface area contributed by atoms with Crippen LogP contribution in [0.25, 0.3) is 0 Å². The zero-order chi connectivity index (χ0) is 18.3. The van der Waals surface area contributed by atoms with E-state index in [1.54, 1.807) is 13.8 Å². The van der Waals surface area contributed by atoms with Crippen LogP contribution in [0.4, 0.5) is 0 Å². The van der Waals surface area contributed by atoms with Crippen LogP contribution in [0.15, 0.2) is 0 Å². The van der Waals surface area contributed by atoms with Crippen LogP contribution in [0.2, 0.25) is 0 Å². The van der Waals surface area contributed by atoms with Crippen LogP contribution in [-0.2, 0) is 14.4 Å².